The van der Waals surface area contributed by atoms with E-state index >= 15 is 0 Å². The number of hydrogen-bond acceptors (Lipinski definition) is 3. The maximum atomic E-state index is 5.84. The molecular formula is C15H23N3. The second kappa shape index (κ2) is 4.90. The largest absolute Gasteiger partial charge is 0.399 e. The van der Waals surface area contributed by atoms with E-state index in [2.05, 4.69) is 29.4 Å². The average Bonchev–Trinajstić information content (AvgIpc) is 2.68. The van der Waals surface area contributed by atoms with Crippen molar-refractivity contribution in [2.75, 3.05) is 12.8 Å². The third-order valence-corrected chi connectivity index (χ3v) is 4.45. The predicted molar refractivity (Wildman–Crippen MR) is 75.3 cm³/mol. The smallest absolute Gasteiger partial charge is 0.0317 e. The summed E-state index contributed by atoms with van der Waals surface area (Å²) in [4.78, 5) is 2.50. The van der Waals surface area contributed by atoms with Gasteiger partial charge in [-0.15, -0.1) is 0 Å². The van der Waals surface area contributed by atoms with Crippen molar-refractivity contribution in [2.45, 2.75) is 50.4 Å². The topological polar surface area (TPSA) is 41.3 Å². The number of nitrogens with two attached hydrogens (primary N) is 1. The molecule has 2 aliphatic rings. The minimum atomic E-state index is 0.727. The van der Waals surface area contributed by atoms with E-state index in [1.54, 1.807) is 0 Å². The van der Waals surface area contributed by atoms with E-state index in [-0.39, 0.29) is 0 Å². The number of nitrogen functional groups attached to an aromatic ring is 1. The van der Waals surface area contributed by atoms with Crippen molar-refractivity contribution in [3.8, 4) is 0 Å². The first-order valence-corrected chi connectivity index (χ1v) is 7.01. The first-order chi connectivity index (χ1) is 8.70. The first-order valence-electron chi connectivity index (χ1n) is 7.01. The quantitative estimate of drug-likeness (QED) is 0.800. The lowest BCUT2D eigenvalue weighted by Gasteiger charge is -2.35. The van der Waals surface area contributed by atoms with Crippen LogP contribution in [0.4, 0.5) is 5.69 Å². The Bertz CT molecular complexity index is 406. The van der Waals surface area contributed by atoms with E-state index in [0.29, 0.717) is 0 Å². The fourth-order valence-corrected chi connectivity index (χ4v) is 3.50. The molecule has 0 saturated carbocycles. The zero-order valence-electron chi connectivity index (χ0n) is 11.1. The molecule has 2 saturated heterocycles. The van der Waals surface area contributed by atoms with Gasteiger partial charge in [0.05, 0.1) is 0 Å². The van der Waals surface area contributed by atoms with Crippen molar-refractivity contribution in [1.82, 2.24) is 10.2 Å². The Balaban J connectivity index is 1.63. The lowest BCUT2D eigenvalue weighted by atomic mass is 9.98. The molecule has 0 amide bonds. The van der Waals surface area contributed by atoms with Gasteiger partial charge in [0.25, 0.3) is 0 Å². The maximum Gasteiger partial charge on any atom is 0.0317 e. The van der Waals surface area contributed by atoms with Crippen LogP contribution in [0.15, 0.2) is 24.3 Å². The molecule has 2 bridgehead atoms. The van der Waals surface area contributed by atoms with Gasteiger partial charge in [-0.05, 0) is 50.4 Å². The van der Waals surface area contributed by atoms with Gasteiger partial charge >= 0.3 is 0 Å². The van der Waals surface area contributed by atoms with Crippen LogP contribution in [0, 0.1) is 0 Å². The summed E-state index contributed by atoms with van der Waals surface area (Å²) in [7, 11) is 2.25. The predicted octanol–water partition coefficient (Wildman–Crippen LogP) is 1.98. The van der Waals surface area contributed by atoms with Gasteiger partial charge in [0.1, 0.15) is 0 Å². The Labute approximate surface area is 109 Å². The lowest BCUT2D eigenvalue weighted by Crippen LogP contribution is -2.46. The summed E-state index contributed by atoms with van der Waals surface area (Å²) in [6, 6.07) is 10.5. The van der Waals surface area contributed by atoms with E-state index in [0.717, 1.165) is 30.4 Å². The number of anilines is 1. The number of nitrogens with zero attached hydrogens (tertiary/aromatic N) is 1. The van der Waals surface area contributed by atoms with Crippen LogP contribution in [-0.4, -0.2) is 30.1 Å². The zero-order chi connectivity index (χ0) is 12.5. The molecule has 0 aromatic heterocycles. The molecule has 98 valence electrons. The normalized spacial score (nSPS) is 30.9. The van der Waals surface area contributed by atoms with Crippen molar-refractivity contribution in [3.63, 3.8) is 0 Å². The number of piperidine rings is 1. The maximum absolute atomic E-state index is 5.84. The molecule has 3 N–H and O–H groups in total. The Morgan fingerprint density at radius 1 is 1.28 bits per heavy atom. The standard InChI is InChI=1S/C15H23N3/c1-18(10-11-3-2-4-12(16)7-11)15-8-13-5-6-14(9-15)17-13/h2-4,7,13-15,17H,5-6,8-10,16H2,1H3. The monoisotopic (exact) mass is 245 g/mol. The molecule has 3 heteroatoms. The van der Waals surface area contributed by atoms with Crippen molar-refractivity contribution in [2.24, 2.45) is 0 Å². The highest BCUT2D eigenvalue weighted by molar-refractivity contribution is 5.40. The molecule has 1 aromatic carbocycles. The Morgan fingerprint density at radius 3 is 2.67 bits per heavy atom. The molecule has 18 heavy (non-hydrogen) atoms. The van der Waals surface area contributed by atoms with Crippen LogP contribution < -0.4 is 11.1 Å². The van der Waals surface area contributed by atoms with Gasteiger partial charge < -0.3 is 11.1 Å². The molecule has 2 aliphatic heterocycles. The van der Waals surface area contributed by atoms with E-state index in [9.17, 15) is 0 Å². The zero-order valence-corrected chi connectivity index (χ0v) is 11.1. The molecular weight excluding hydrogens is 222 g/mol. The van der Waals surface area contributed by atoms with Crippen molar-refractivity contribution in [3.05, 3.63) is 29.8 Å². The molecule has 2 unspecified atom stereocenters. The van der Waals surface area contributed by atoms with Gasteiger partial charge in [-0.25, -0.2) is 0 Å². The average molecular weight is 245 g/mol. The summed E-state index contributed by atoms with van der Waals surface area (Å²) in [6.45, 7) is 1.01. The number of benzene rings is 1. The van der Waals surface area contributed by atoms with Crippen molar-refractivity contribution in [1.29, 1.82) is 0 Å². The molecule has 0 aliphatic carbocycles. The van der Waals surface area contributed by atoms with Crippen LogP contribution in [0.25, 0.3) is 0 Å². The van der Waals surface area contributed by atoms with Crippen molar-refractivity contribution >= 4 is 5.69 Å². The Hall–Kier alpha value is -1.06. The third kappa shape index (κ3) is 2.52. The lowest BCUT2D eigenvalue weighted by molar-refractivity contribution is 0.166. The Kier molecular flexibility index (Phi) is 3.27. The van der Waals surface area contributed by atoms with Gasteiger partial charge in [0, 0.05) is 30.4 Å². The molecule has 3 rings (SSSR count). The number of fused-ring (bicyclic) bond motifs is 2. The molecule has 2 heterocycles. The van der Waals surface area contributed by atoms with E-state index in [1.165, 1.54) is 31.2 Å². The number of nitrogens with one attached hydrogen (secondary N) is 1. The van der Waals surface area contributed by atoms with Gasteiger partial charge in [-0.2, -0.15) is 0 Å². The van der Waals surface area contributed by atoms with Gasteiger partial charge in [0.15, 0.2) is 0 Å². The molecule has 3 nitrogen and oxygen atoms in total. The van der Waals surface area contributed by atoms with Gasteiger partial charge in [0.2, 0.25) is 0 Å². The molecule has 2 atom stereocenters. The number of rotatable bonds is 3. The van der Waals surface area contributed by atoms with Crippen LogP contribution in [0.5, 0.6) is 0 Å². The summed E-state index contributed by atoms with van der Waals surface area (Å²) in [5, 5.41) is 3.70. The van der Waals surface area contributed by atoms with Crippen LogP contribution in [0.3, 0.4) is 0 Å². The van der Waals surface area contributed by atoms with Crippen LogP contribution >= 0.6 is 0 Å². The van der Waals surface area contributed by atoms with Gasteiger partial charge in [-0.1, -0.05) is 12.1 Å². The highest BCUT2D eigenvalue weighted by Gasteiger charge is 2.34. The van der Waals surface area contributed by atoms with Crippen LogP contribution in [0.2, 0.25) is 0 Å². The van der Waals surface area contributed by atoms with Crippen LogP contribution in [-0.2, 0) is 6.54 Å². The molecule has 0 radical (unpaired) electrons. The van der Waals surface area contributed by atoms with Crippen LogP contribution in [0.1, 0.15) is 31.2 Å². The second-order valence-corrected chi connectivity index (χ2v) is 5.92. The van der Waals surface area contributed by atoms with E-state index in [1.807, 2.05) is 12.1 Å². The SMILES string of the molecule is CN(Cc1cccc(N)c1)C1CC2CCC(C1)N2. The first kappa shape index (κ1) is 12.0. The highest BCUT2D eigenvalue weighted by atomic mass is 15.2. The molecule has 1 aromatic rings. The minimum absolute atomic E-state index is 0.727. The van der Waals surface area contributed by atoms with E-state index < -0.39 is 0 Å². The molecule has 0 spiro atoms. The fourth-order valence-electron chi connectivity index (χ4n) is 3.50. The van der Waals surface area contributed by atoms with Crippen molar-refractivity contribution < 1.29 is 0 Å². The summed E-state index contributed by atoms with van der Waals surface area (Å²) in [5.74, 6) is 0. The summed E-state index contributed by atoms with van der Waals surface area (Å²) in [5.41, 5.74) is 8.03. The highest BCUT2D eigenvalue weighted by Crippen LogP contribution is 2.29. The number of hydrogen-bond donors (Lipinski definition) is 2. The Morgan fingerprint density at radius 2 is 2.00 bits per heavy atom. The summed E-state index contributed by atoms with van der Waals surface area (Å²) in [6.07, 6.45) is 5.34. The summed E-state index contributed by atoms with van der Waals surface area (Å²) < 4.78 is 0. The minimum Gasteiger partial charge on any atom is -0.399 e. The second-order valence-electron chi connectivity index (χ2n) is 5.92. The van der Waals surface area contributed by atoms with Gasteiger partial charge in [-0.3, -0.25) is 4.90 Å². The van der Waals surface area contributed by atoms with E-state index in [4.69, 9.17) is 5.73 Å². The molecule has 2 fully saturated rings. The fraction of sp³-hybridized carbons (Fsp3) is 0.600. The summed E-state index contributed by atoms with van der Waals surface area (Å²) >= 11 is 0. The third-order valence-electron chi connectivity index (χ3n) is 4.45.